The summed E-state index contributed by atoms with van der Waals surface area (Å²) in [5, 5.41) is 3.21. The molecule has 1 aromatic rings. The molecule has 1 unspecified atom stereocenters. The van der Waals surface area contributed by atoms with E-state index < -0.39 is 0 Å². The summed E-state index contributed by atoms with van der Waals surface area (Å²) < 4.78 is 0. The quantitative estimate of drug-likeness (QED) is 0.664. The van der Waals surface area contributed by atoms with Crippen molar-refractivity contribution < 1.29 is 0 Å². The summed E-state index contributed by atoms with van der Waals surface area (Å²) in [5.41, 5.74) is 2.61. The van der Waals surface area contributed by atoms with Gasteiger partial charge in [-0.1, -0.05) is 50.3 Å². The number of hydrogen-bond acceptors (Lipinski definition) is 1. The fourth-order valence-corrected chi connectivity index (χ4v) is 2.25. The summed E-state index contributed by atoms with van der Waals surface area (Å²) in [6, 6.07) is 10.6. The molecular formula is C16H25N. The van der Waals surface area contributed by atoms with Gasteiger partial charge < -0.3 is 5.32 Å². The number of hydrogen-bond donors (Lipinski definition) is 1. The lowest BCUT2D eigenvalue weighted by molar-refractivity contribution is 0.521. The second-order valence-corrected chi connectivity index (χ2v) is 4.62. The van der Waals surface area contributed by atoms with Crippen molar-refractivity contribution in [1.82, 2.24) is 5.32 Å². The van der Waals surface area contributed by atoms with Gasteiger partial charge in [0.15, 0.2) is 0 Å². The topological polar surface area (TPSA) is 12.0 Å². The van der Waals surface area contributed by atoms with Gasteiger partial charge in [0, 0.05) is 0 Å². The van der Waals surface area contributed by atoms with E-state index in [0.717, 1.165) is 6.54 Å². The van der Waals surface area contributed by atoms with Gasteiger partial charge in [-0.05, 0) is 49.9 Å². The van der Waals surface area contributed by atoms with Crippen LogP contribution in [0.25, 0.3) is 5.57 Å². The molecule has 0 heterocycles. The van der Waals surface area contributed by atoms with Crippen LogP contribution in [0.4, 0.5) is 0 Å². The highest BCUT2D eigenvalue weighted by Gasteiger charge is 2.12. The molecule has 1 heteroatoms. The number of nitrogens with one attached hydrogen (secondary N) is 1. The first-order valence-corrected chi connectivity index (χ1v) is 6.68. The van der Waals surface area contributed by atoms with Crippen molar-refractivity contribution in [3.8, 4) is 0 Å². The highest BCUT2D eigenvalue weighted by molar-refractivity contribution is 5.65. The molecule has 0 aliphatic carbocycles. The second-order valence-electron chi connectivity index (χ2n) is 4.62. The summed E-state index contributed by atoms with van der Waals surface area (Å²) in [6.07, 6.45) is 4.95. The SMILES string of the molecule is C=C(c1ccccc1)C(CCC)CCCNC. The molecule has 0 saturated carbocycles. The molecule has 1 nitrogen and oxygen atoms in total. The van der Waals surface area contributed by atoms with Crippen LogP contribution in [-0.4, -0.2) is 13.6 Å². The van der Waals surface area contributed by atoms with Gasteiger partial charge in [-0.25, -0.2) is 0 Å². The van der Waals surface area contributed by atoms with Gasteiger partial charge >= 0.3 is 0 Å². The van der Waals surface area contributed by atoms with E-state index in [1.807, 2.05) is 7.05 Å². The molecular weight excluding hydrogens is 206 g/mol. The first kappa shape index (κ1) is 14.0. The van der Waals surface area contributed by atoms with Crippen molar-refractivity contribution in [1.29, 1.82) is 0 Å². The van der Waals surface area contributed by atoms with Gasteiger partial charge in [0.25, 0.3) is 0 Å². The maximum absolute atomic E-state index is 4.30. The van der Waals surface area contributed by atoms with E-state index in [4.69, 9.17) is 0 Å². The van der Waals surface area contributed by atoms with E-state index in [9.17, 15) is 0 Å². The molecule has 1 N–H and O–H groups in total. The lowest BCUT2D eigenvalue weighted by Crippen LogP contribution is -2.11. The molecule has 1 rings (SSSR count). The fourth-order valence-electron chi connectivity index (χ4n) is 2.25. The summed E-state index contributed by atoms with van der Waals surface area (Å²) in [5.74, 6) is 0.635. The van der Waals surface area contributed by atoms with E-state index in [0.29, 0.717) is 5.92 Å². The number of allylic oxidation sites excluding steroid dienone is 1. The smallest absolute Gasteiger partial charge is 0.00517 e. The Bertz CT molecular complexity index is 316. The van der Waals surface area contributed by atoms with Gasteiger partial charge in [0.05, 0.1) is 0 Å². The lowest BCUT2D eigenvalue weighted by atomic mass is 9.87. The maximum atomic E-state index is 4.30. The predicted octanol–water partition coefficient (Wildman–Crippen LogP) is 4.12. The Hall–Kier alpha value is -1.08. The third-order valence-electron chi connectivity index (χ3n) is 3.25. The van der Waals surface area contributed by atoms with Gasteiger partial charge in [-0.15, -0.1) is 0 Å². The monoisotopic (exact) mass is 231 g/mol. The van der Waals surface area contributed by atoms with Crippen LogP contribution >= 0.6 is 0 Å². The van der Waals surface area contributed by atoms with Gasteiger partial charge in [0.2, 0.25) is 0 Å². The Morgan fingerprint density at radius 2 is 1.94 bits per heavy atom. The minimum atomic E-state index is 0.635. The van der Waals surface area contributed by atoms with Crippen LogP contribution in [0, 0.1) is 5.92 Å². The minimum Gasteiger partial charge on any atom is -0.320 e. The molecule has 1 aromatic carbocycles. The normalized spacial score (nSPS) is 12.4. The first-order valence-electron chi connectivity index (χ1n) is 6.68. The average Bonchev–Trinajstić information content (AvgIpc) is 2.38. The minimum absolute atomic E-state index is 0.635. The van der Waals surface area contributed by atoms with Crippen molar-refractivity contribution in [3.05, 3.63) is 42.5 Å². The molecule has 0 radical (unpaired) electrons. The molecule has 1 atom stereocenters. The van der Waals surface area contributed by atoms with E-state index in [-0.39, 0.29) is 0 Å². The molecule has 0 bridgehead atoms. The zero-order chi connectivity index (χ0) is 12.5. The van der Waals surface area contributed by atoms with Crippen LogP contribution < -0.4 is 5.32 Å². The predicted molar refractivity (Wildman–Crippen MR) is 77.0 cm³/mol. The Balaban J connectivity index is 2.60. The van der Waals surface area contributed by atoms with Crippen LogP contribution in [0.3, 0.4) is 0 Å². The molecule has 0 fully saturated rings. The van der Waals surface area contributed by atoms with Crippen LogP contribution in [0.5, 0.6) is 0 Å². The highest BCUT2D eigenvalue weighted by atomic mass is 14.8. The Morgan fingerprint density at radius 3 is 2.53 bits per heavy atom. The fraction of sp³-hybridized carbons (Fsp3) is 0.500. The van der Waals surface area contributed by atoms with Crippen LogP contribution in [0.15, 0.2) is 36.9 Å². The lowest BCUT2D eigenvalue weighted by Gasteiger charge is -2.19. The van der Waals surface area contributed by atoms with Crippen LogP contribution in [0.2, 0.25) is 0 Å². The highest BCUT2D eigenvalue weighted by Crippen LogP contribution is 2.28. The van der Waals surface area contributed by atoms with Crippen molar-refractivity contribution in [2.24, 2.45) is 5.92 Å². The van der Waals surface area contributed by atoms with E-state index in [1.165, 1.54) is 36.8 Å². The Labute approximate surface area is 106 Å². The van der Waals surface area contributed by atoms with Crippen molar-refractivity contribution >= 4 is 5.57 Å². The Kier molecular flexibility index (Phi) is 6.64. The molecule has 0 amide bonds. The summed E-state index contributed by atoms with van der Waals surface area (Å²) in [4.78, 5) is 0. The van der Waals surface area contributed by atoms with Crippen LogP contribution in [-0.2, 0) is 0 Å². The third-order valence-corrected chi connectivity index (χ3v) is 3.25. The van der Waals surface area contributed by atoms with Gasteiger partial charge in [-0.3, -0.25) is 0 Å². The largest absolute Gasteiger partial charge is 0.320 e. The van der Waals surface area contributed by atoms with Crippen LogP contribution in [0.1, 0.15) is 38.2 Å². The summed E-state index contributed by atoms with van der Waals surface area (Å²) >= 11 is 0. The molecule has 0 spiro atoms. The second kappa shape index (κ2) is 8.08. The van der Waals surface area contributed by atoms with E-state index >= 15 is 0 Å². The van der Waals surface area contributed by atoms with Crippen molar-refractivity contribution in [2.45, 2.75) is 32.6 Å². The number of benzene rings is 1. The van der Waals surface area contributed by atoms with E-state index in [2.05, 4.69) is 49.2 Å². The molecule has 0 aromatic heterocycles. The van der Waals surface area contributed by atoms with Gasteiger partial charge in [-0.2, -0.15) is 0 Å². The molecule has 0 aliphatic heterocycles. The zero-order valence-corrected chi connectivity index (χ0v) is 11.2. The molecule has 17 heavy (non-hydrogen) atoms. The maximum Gasteiger partial charge on any atom is -0.00517 e. The zero-order valence-electron chi connectivity index (χ0n) is 11.2. The summed E-state index contributed by atoms with van der Waals surface area (Å²) in [6.45, 7) is 7.66. The molecule has 94 valence electrons. The first-order chi connectivity index (χ1) is 8.29. The van der Waals surface area contributed by atoms with Crippen molar-refractivity contribution in [2.75, 3.05) is 13.6 Å². The molecule has 0 saturated heterocycles. The Morgan fingerprint density at radius 1 is 1.24 bits per heavy atom. The van der Waals surface area contributed by atoms with Crippen molar-refractivity contribution in [3.63, 3.8) is 0 Å². The standard InChI is InChI=1S/C16H25N/c1-4-9-15(12-8-13-17-3)14(2)16-10-6-5-7-11-16/h5-7,10-11,15,17H,2,4,8-9,12-13H2,1,3H3. The average molecular weight is 231 g/mol. The summed E-state index contributed by atoms with van der Waals surface area (Å²) in [7, 11) is 2.01. The van der Waals surface area contributed by atoms with Gasteiger partial charge in [0.1, 0.15) is 0 Å². The molecule has 0 aliphatic rings. The third kappa shape index (κ3) is 4.74. The van der Waals surface area contributed by atoms with E-state index in [1.54, 1.807) is 0 Å². The number of rotatable bonds is 8.